The number of nitrogens with one attached hydrogen (secondary N) is 2. The van der Waals surface area contributed by atoms with Gasteiger partial charge in [0.1, 0.15) is 0 Å². The van der Waals surface area contributed by atoms with Crippen LogP contribution in [0.25, 0.3) is 0 Å². The van der Waals surface area contributed by atoms with E-state index in [1.807, 2.05) is 0 Å². The molecule has 2 rings (SSSR count). The van der Waals surface area contributed by atoms with Gasteiger partial charge in [0.2, 0.25) is 0 Å². The van der Waals surface area contributed by atoms with Crippen molar-refractivity contribution in [2.24, 2.45) is 0 Å². The summed E-state index contributed by atoms with van der Waals surface area (Å²) in [5.74, 6) is -1.27. The van der Waals surface area contributed by atoms with E-state index < -0.39 is 11.9 Å². The number of benzene rings is 2. The van der Waals surface area contributed by atoms with E-state index in [1.165, 1.54) is 44.5 Å². The van der Waals surface area contributed by atoms with Crippen molar-refractivity contribution >= 4 is 35.1 Å². The van der Waals surface area contributed by atoms with Gasteiger partial charge in [-0.2, -0.15) is 0 Å². The zero-order valence-corrected chi connectivity index (χ0v) is 13.8. The van der Waals surface area contributed by atoms with Crippen molar-refractivity contribution in [1.29, 1.82) is 0 Å². The Bertz CT molecular complexity index is 788. The Morgan fingerprint density at radius 3 is 2.17 bits per heavy atom. The lowest BCUT2D eigenvalue weighted by Gasteiger charge is -2.11. The van der Waals surface area contributed by atoms with E-state index in [4.69, 9.17) is 11.6 Å². The third-order valence-corrected chi connectivity index (χ3v) is 3.50. The molecule has 0 aliphatic heterocycles. The van der Waals surface area contributed by atoms with Gasteiger partial charge in [-0.15, -0.1) is 0 Å². The first kappa shape index (κ1) is 17.5. The van der Waals surface area contributed by atoms with E-state index in [0.29, 0.717) is 21.8 Å². The van der Waals surface area contributed by atoms with Crippen LogP contribution in [-0.4, -0.2) is 31.9 Å². The molecule has 2 amide bonds. The highest BCUT2D eigenvalue weighted by Crippen LogP contribution is 2.21. The molecule has 124 valence electrons. The molecule has 0 atom stereocenters. The van der Waals surface area contributed by atoms with Crippen molar-refractivity contribution in [1.82, 2.24) is 5.32 Å². The molecule has 0 saturated heterocycles. The zero-order chi connectivity index (χ0) is 17.7. The molecule has 0 radical (unpaired) electrons. The van der Waals surface area contributed by atoms with Gasteiger partial charge in [-0.1, -0.05) is 11.6 Å². The van der Waals surface area contributed by atoms with Gasteiger partial charge in [0.25, 0.3) is 11.8 Å². The van der Waals surface area contributed by atoms with Crippen LogP contribution in [0.2, 0.25) is 5.02 Å². The quantitative estimate of drug-likeness (QED) is 0.834. The van der Waals surface area contributed by atoms with Gasteiger partial charge >= 0.3 is 5.97 Å². The molecule has 7 heteroatoms. The Morgan fingerprint density at radius 1 is 0.958 bits per heavy atom. The number of amides is 2. The summed E-state index contributed by atoms with van der Waals surface area (Å²) >= 11 is 5.90. The number of hydrogen-bond donors (Lipinski definition) is 2. The van der Waals surface area contributed by atoms with Crippen molar-refractivity contribution < 1.29 is 19.1 Å². The maximum absolute atomic E-state index is 12.3. The molecule has 0 fully saturated rings. The van der Waals surface area contributed by atoms with Gasteiger partial charge in [0, 0.05) is 17.6 Å². The number of anilines is 1. The Labute approximate surface area is 143 Å². The molecular formula is C17H15ClN2O4. The fourth-order valence-corrected chi connectivity index (χ4v) is 2.19. The van der Waals surface area contributed by atoms with E-state index in [9.17, 15) is 14.4 Å². The minimum Gasteiger partial charge on any atom is -0.465 e. The summed E-state index contributed by atoms with van der Waals surface area (Å²) < 4.78 is 4.60. The van der Waals surface area contributed by atoms with Crippen LogP contribution in [0.4, 0.5) is 5.69 Å². The summed E-state index contributed by atoms with van der Waals surface area (Å²) in [6.45, 7) is 0. The number of rotatable bonds is 4. The predicted octanol–water partition coefficient (Wildman–Crippen LogP) is 2.74. The molecule has 24 heavy (non-hydrogen) atoms. The molecular weight excluding hydrogens is 332 g/mol. The van der Waals surface area contributed by atoms with Crippen molar-refractivity contribution in [3.05, 3.63) is 64.2 Å². The summed E-state index contributed by atoms with van der Waals surface area (Å²) in [4.78, 5) is 35.6. The topological polar surface area (TPSA) is 84.5 Å². The lowest BCUT2D eigenvalue weighted by molar-refractivity contribution is 0.0600. The van der Waals surface area contributed by atoms with Crippen LogP contribution in [0.5, 0.6) is 0 Å². The first-order valence-electron chi connectivity index (χ1n) is 6.97. The Kier molecular flexibility index (Phi) is 5.55. The number of esters is 1. The van der Waals surface area contributed by atoms with E-state index in [-0.39, 0.29) is 11.5 Å². The second-order valence-corrected chi connectivity index (χ2v) is 5.23. The van der Waals surface area contributed by atoms with Gasteiger partial charge in [-0.25, -0.2) is 4.79 Å². The van der Waals surface area contributed by atoms with E-state index in [2.05, 4.69) is 15.4 Å². The molecule has 2 aromatic rings. The Balaban J connectivity index is 2.24. The summed E-state index contributed by atoms with van der Waals surface area (Å²) in [5, 5.41) is 5.53. The molecule has 2 aromatic carbocycles. The van der Waals surface area contributed by atoms with E-state index in [0.717, 1.165) is 0 Å². The lowest BCUT2D eigenvalue weighted by Crippen LogP contribution is -2.21. The minimum absolute atomic E-state index is 0.254. The molecule has 0 aromatic heterocycles. The van der Waals surface area contributed by atoms with Crippen LogP contribution < -0.4 is 10.6 Å². The van der Waals surface area contributed by atoms with Crippen molar-refractivity contribution in [3.63, 3.8) is 0 Å². The number of methoxy groups -OCH3 is 1. The van der Waals surface area contributed by atoms with Crippen LogP contribution in [0, 0.1) is 0 Å². The van der Waals surface area contributed by atoms with E-state index >= 15 is 0 Å². The van der Waals surface area contributed by atoms with Gasteiger partial charge in [-0.05, 0) is 42.5 Å². The monoisotopic (exact) mass is 346 g/mol. The predicted molar refractivity (Wildman–Crippen MR) is 90.6 cm³/mol. The lowest BCUT2D eigenvalue weighted by atomic mass is 10.1. The average molecular weight is 347 g/mol. The first-order chi connectivity index (χ1) is 11.5. The van der Waals surface area contributed by atoms with Gasteiger partial charge in [0.15, 0.2) is 0 Å². The van der Waals surface area contributed by atoms with Gasteiger partial charge < -0.3 is 15.4 Å². The molecule has 2 N–H and O–H groups in total. The number of carbonyl (C=O) groups excluding carboxylic acids is 3. The molecule has 0 heterocycles. The normalized spacial score (nSPS) is 9.96. The molecule has 0 aliphatic rings. The average Bonchev–Trinajstić information content (AvgIpc) is 2.61. The first-order valence-corrected chi connectivity index (χ1v) is 7.35. The number of ether oxygens (including phenoxy) is 1. The van der Waals surface area contributed by atoms with Crippen LogP contribution in [-0.2, 0) is 4.74 Å². The highest BCUT2D eigenvalue weighted by molar-refractivity contribution is 6.31. The third-order valence-electron chi connectivity index (χ3n) is 3.27. The highest BCUT2D eigenvalue weighted by atomic mass is 35.5. The van der Waals surface area contributed by atoms with Crippen molar-refractivity contribution in [3.8, 4) is 0 Å². The summed E-state index contributed by atoms with van der Waals surface area (Å²) in [7, 11) is 2.77. The smallest absolute Gasteiger partial charge is 0.337 e. The fourth-order valence-electron chi connectivity index (χ4n) is 2.02. The maximum atomic E-state index is 12.3. The van der Waals surface area contributed by atoms with Crippen LogP contribution in [0.3, 0.4) is 0 Å². The molecule has 6 nitrogen and oxygen atoms in total. The number of halogens is 1. The molecule has 0 saturated carbocycles. The summed E-state index contributed by atoms with van der Waals surface area (Å²) in [6, 6.07) is 10.6. The molecule has 0 unspecified atom stereocenters. The standard InChI is InChI=1S/C17H15ClN2O4/c1-19-16(22)13-9-12(18)7-8-14(13)20-15(21)10-3-5-11(6-4-10)17(23)24-2/h3-9H,1-2H3,(H,19,22)(H,20,21). The molecule has 0 bridgehead atoms. The third kappa shape index (κ3) is 3.91. The molecule has 0 aliphatic carbocycles. The van der Waals surface area contributed by atoms with Gasteiger partial charge in [0.05, 0.1) is 23.9 Å². The van der Waals surface area contributed by atoms with Crippen molar-refractivity contribution in [2.75, 3.05) is 19.5 Å². The fraction of sp³-hybridized carbons (Fsp3) is 0.118. The second kappa shape index (κ2) is 7.61. The van der Waals surface area contributed by atoms with Gasteiger partial charge in [-0.3, -0.25) is 9.59 Å². The van der Waals surface area contributed by atoms with Crippen LogP contribution in [0.1, 0.15) is 31.1 Å². The summed E-state index contributed by atoms with van der Waals surface area (Å²) in [6.07, 6.45) is 0. The second-order valence-electron chi connectivity index (χ2n) is 4.79. The Hall–Kier alpha value is -2.86. The van der Waals surface area contributed by atoms with Crippen molar-refractivity contribution in [2.45, 2.75) is 0 Å². The molecule has 0 spiro atoms. The highest BCUT2D eigenvalue weighted by Gasteiger charge is 2.15. The SMILES string of the molecule is CNC(=O)c1cc(Cl)ccc1NC(=O)c1ccc(C(=O)OC)cc1. The number of hydrogen-bond acceptors (Lipinski definition) is 4. The largest absolute Gasteiger partial charge is 0.465 e. The maximum Gasteiger partial charge on any atom is 0.337 e. The van der Waals surface area contributed by atoms with Crippen LogP contribution >= 0.6 is 11.6 Å². The zero-order valence-electron chi connectivity index (χ0n) is 13.1. The minimum atomic E-state index is -0.485. The van der Waals surface area contributed by atoms with E-state index in [1.54, 1.807) is 12.1 Å². The summed E-state index contributed by atoms with van der Waals surface area (Å²) in [5.41, 5.74) is 1.26. The number of carbonyl (C=O) groups is 3. The Morgan fingerprint density at radius 2 is 1.58 bits per heavy atom. The van der Waals surface area contributed by atoms with Crippen LogP contribution in [0.15, 0.2) is 42.5 Å².